The molecule has 17 heavy (non-hydrogen) atoms. The zero-order valence-electron chi connectivity index (χ0n) is 9.35. The van der Waals surface area contributed by atoms with Crippen molar-refractivity contribution >= 4 is 30.7 Å². The van der Waals surface area contributed by atoms with Gasteiger partial charge in [0.2, 0.25) is 0 Å². The van der Waals surface area contributed by atoms with Gasteiger partial charge in [-0.25, -0.2) is 4.39 Å². The smallest absolute Gasteiger partial charge is 0.252 e. The number of hydrogen-bond acceptors (Lipinski definition) is 3. The second kappa shape index (κ2) is 9.15. The molecule has 1 unspecified atom stereocenters. The lowest BCUT2D eigenvalue weighted by Crippen LogP contribution is -2.29. The summed E-state index contributed by atoms with van der Waals surface area (Å²) in [5.41, 5.74) is 5.74. The van der Waals surface area contributed by atoms with Crippen molar-refractivity contribution in [1.29, 1.82) is 0 Å². The average molecular weight is 284 g/mol. The van der Waals surface area contributed by atoms with Crippen LogP contribution in [0.2, 0.25) is 0 Å². The van der Waals surface area contributed by atoms with E-state index < -0.39 is 5.82 Å². The fourth-order valence-corrected chi connectivity index (χ4v) is 1.05. The molecule has 0 saturated carbocycles. The summed E-state index contributed by atoms with van der Waals surface area (Å²) in [7, 11) is 0. The van der Waals surface area contributed by atoms with Crippen LogP contribution in [-0.2, 0) is 0 Å². The van der Waals surface area contributed by atoms with Crippen LogP contribution in [-0.4, -0.2) is 23.5 Å². The normalized spacial score (nSPS) is 10.8. The third-order valence-corrected chi connectivity index (χ3v) is 1.85. The van der Waals surface area contributed by atoms with Crippen LogP contribution in [0.15, 0.2) is 18.5 Å². The number of nitrogens with zero attached hydrogens (tertiary/aromatic N) is 1. The third kappa shape index (κ3) is 7.10. The number of halogens is 3. The molecule has 0 aromatic carbocycles. The van der Waals surface area contributed by atoms with Gasteiger partial charge in [-0.1, -0.05) is 0 Å². The van der Waals surface area contributed by atoms with Gasteiger partial charge in [-0.15, -0.1) is 24.8 Å². The molecule has 0 saturated heterocycles. The van der Waals surface area contributed by atoms with Crippen LogP contribution in [0.25, 0.3) is 0 Å². The Labute approximate surface area is 112 Å². The van der Waals surface area contributed by atoms with Crippen LogP contribution in [0.3, 0.4) is 0 Å². The molecule has 0 bridgehead atoms. The molecule has 0 aliphatic heterocycles. The molecular weight excluding hydrogens is 268 g/mol. The molecule has 7 heteroatoms. The zero-order chi connectivity index (χ0) is 11.3. The Kier molecular flexibility index (Phi) is 9.94. The quantitative estimate of drug-likeness (QED) is 0.881. The summed E-state index contributed by atoms with van der Waals surface area (Å²) in [6, 6.07) is 1.18. The minimum absolute atomic E-state index is 0. The van der Waals surface area contributed by atoms with E-state index in [0.29, 0.717) is 13.0 Å². The maximum atomic E-state index is 12.7. The zero-order valence-corrected chi connectivity index (χ0v) is 11.0. The number of nitrogens with two attached hydrogens (primary N) is 1. The molecule has 3 N–H and O–H groups in total. The predicted molar refractivity (Wildman–Crippen MR) is 69.3 cm³/mol. The number of nitrogens with one attached hydrogen (secondary N) is 1. The lowest BCUT2D eigenvalue weighted by atomic mass is 10.2. The molecule has 1 aromatic heterocycles. The van der Waals surface area contributed by atoms with Gasteiger partial charge < -0.3 is 11.1 Å². The van der Waals surface area contributed by atoms with Crippen LogP contribution in [0.4, 0.5) is 4.39 Å². The fraction of sp³-hybridized carbons (Fsp3) is 0.400. The van der Waals surface area contributed by atoms with E-state index in [-0.39, 0.29) is 42.3 Å². The molecule has 4 nitrogen and oxygen atoms in total. The number of rotatable bonds is 4. The third-order valence-electron chi connectivity index (χ3n) is 1.85. The second-order valence-corrected chi connectivity index (χ2v) is 3.41. The number of aromatic nitrogens is 1. The summed E-state index contributed by atoms with van der Waals surface area (Å²) in [6.07, 6.45) is 3.07. The van der Waals surface area contributed by atoms with Crippen molar-refractivity contribution in [3.63, 3.8) is 0 Å². The summed E-state index contributed by atoms with van der Waals surface area (Å²) < 4.78 is 12.7. The Morgan fingerprint density at radius 1 is 1.53 bits per heavy atom. The summed E-state index contributed by atoms with van der Waals surface area (Å²) in [5.74, 6) is -0.850. The highest BCUT2D eigenvalue weighted by Crippen LogP contribution is 2.00. The molecule has 98 valence electrons. The van der Waals surface area contributed by atoms with Crippen LogP contribution in [0.1, 0.15) is 23.7 Å². The molecule has 1 heterocycles. The topological polar surface area (TPSA) is 68.0 Å². The monoisotopic (exact) mass is 283 g/mol. The van der Waals surface area contributed by atoms with E-state index in [2.05, 4.69) is 10.3 Å². The Morgan fingerprint density at radius 3 is 2.71 bits per heavy atom. The highest BCUT2D eigenvalue weighted by atomic mass is 35.5. The second-order valence-electron chi connectivity index (χ2n) is 3.41. The molecule has 0 aliphatic rings. The molecular formula is C10H16Cl2FN3O. The lowest BCUT2D eigenvalue weighted by molar-refractivity contribution is 0.0952. The summed E-state index contributed by atoms with van der Waals surface area (Å²) >= 11 is 0. The Hall–Kier alpha value is -0.910. The van der Waals surface area contributed by atoms with E-state index in [1.54, 1.807) is 0 Å². The first kappa shape index (κ1) is 18.5. The summed E-state index contributed by atoms with van der Waals surface area (Å²) in [6.45, 7) is 2.34. The highest BCUT2D eigenvalue weighted by Gasteiger charge is 2.06. The van der Waals surface area contributed by atoms with Gasteiger partial charge in [0.25, 0.3) is 5.91 Å². The molecule has 1 atom stereocenters. The Balaban J connectivity index is 0. The van der Waals surface area contributed by atoms with Gasteiger partial charge >= 0.3 is 0 Å². The Morgan fingerprint density at radius 2 is 2.18 bits per heavy atom. The maximum Gasteiger partial charge on any atom is 0.252 e. The standard InChI is InChI=1S/C10H14FN3O.2ClH/c1-7(12)2-3-14-10(15)8-4-9(11)6-13-5-8;;/h4-7H,2-3,12H2,1H3,(H,14,15);2*1H. The number of hydrogen-bond donors (Lipinski definition) is 2. The van der Waals surface area contributed by atoms with Crippen LogP contribution in [0, 0.1) is 5.82 Å². The van der Waals surface area contributed by atoms with E-state index in [0.717, 1.165) is 12.3 Å². The van der Waals surface area contributed by atoms with E-state index in [1.165, 1.54) is 6.20 Å². The van der Waals surface area contributed by atoms with Crippen molar-refractivity contribution < 1.29 is 9.18 Å². The minimum atomic E-state index is -0.519. The minimum Gasteiger partial charge on any atom is -0.352 e. The van der Waals surface area contributed by atoms with Crippen molar-refractivity contribution in [3.05, 3.63) is 29.8 Å². The average Bonchev–Trinajstić information content (AvgIpc) is 2.17. The van der Waals surface area contributed by atoms with E-state index in [4.69, 9.17) is 5.73 Å². The van der Waals surface area contributed by atoms with E-state index in [1.807, 2.05) is 6.92 Å². The number of amides is 1. The predicted octanol–water partition coefficient (Wildman–Crippen LogP) is 1.53. The van der Waals surface area contributed by atoms with Gasteiger partial charge in [-0.2, -0.15) is 0 Å². The highest BCUT2D eigenvalue weighted by molar-refractivity contribution is 5.93. The van der Waals surface area contributed by atoms with Gasteiger partial charge in [0.15, 0.2) is 0 Å². The van der Waals surface area contributed by atoms with Gasteiger partial charge in [-0.05, 0) is 19.4 Å². The van der Waals surface area contributed by atoms with Crippen molar-refractivity contribution in [3.8, 4) is 0 Å². The van der Waals surface area contributed by atoms with Gasteiger partial charge in [0.05, 0.1) is 11.8 Å². The van der Waals surface area contributed by atoms with E-state index in [9.17, 15) is 9.18 Å². The van der Waals surface area contributed by atoms with Crippen molar-refractivity contribution in [2.75, 3.05) is 6.54 Å². The molecule has 1 rings (SSSR count). The summed E-state index contributed by atoms with van der Waals surface area (Å²) in [5, 5.41) is 2.63. The number of carbonyl (C=O) groups is 1. The van der Waals surface area contributed by atoms with E-state index >= 15 is 0 Å². The largest absolute Gasteiger partial charge is 0.352 e. The molecule has 0 fully saturated rings. The fourth-order valence-electron chi connectivity index (χ4n) is 1.05. The first-order valence-electron chi connectivity index (χ1n) is 4.74. The van der Waals surface area contributed by atoms with Crippen molar-refractivity contribution in [2.24, 2.45) is 5.73 Å². The van der Waals surface area contributed by atoms with Crippen molar-refractivity contribution in [2.45, 2.75) is 19.4 Å². The number of carbonyl (C=O) groups excluding carboxylic acids is 1. The Bertz CT molecular complexity index is 350. The SMILES string of the molecule is CC(N)CCNC(=O)c1cncc(F)c1.Cl.Cl. The first-order chi connectivity index (χ1) is 7.09. The van der Waals surface area contributed by atoms with Gasteiger partial charge in [-0.3, -0.25) is 9.78 Å². The lowest BCUT2D eigenvalue weighted by Gasteiger charge is -2.06. The van der Waals surface area contributed by atoms with Gasteiger partial charge in [0, 0.05) is 18.8 Å². The van der Waals surface area contributed by atoms with Crippen molar-refractivity contribution in [1.82, 2.24) is 10.3 Å². The van der Waals surface area contributed by atoms with Crippen LogP contribution < -0.4 is 11.1 Å². The maximum absolute atomic E-state index is 12.7. The number of pyridine rings is 1. The molecule has 0 spiro atoms. The first-order valence-corrected chi connectivity index (χ1v) is 4.74. The molecule has 1 aromatic rings. The van der Waals surface area contributed by atoms with Crippen LogP contribution >= 0.6 is 24.8 Å². The molecule has 0 aliphatic carbocycles. The van der Waals surface area contributed by atoms with Crippen LogP contribution in [0.5, 0.6) is 0 Å². The molecule has 1 amide bonds. The molecule has 0 radical (unpaired) electrons. The van der Waals surface area contributed by atoms with Gasteiger partial charge in [0.1, 0.15) is 5.82 Å². The summed E-state index contributed by atoms with van der Waals surface area (Å²) in [4.78, 5) is 15.0.